The lowest BCUT2D eigenvalue weighted by Gasteiger charge is -2.32. The van der Waals surface area contributed by atoms with E-state index in [9.17, 15) is 0 Å². The average Bonchev–Trinajstić information content (AvgIpc) is 2.74. The van der Waals surface area contributed by atoms with E-state index in [2.05, 4.69) is 33.0 Å². The maximum absolute atomic E-state index is 5.99. The fraction of sp³-hybridized carbons (Fsp3) is 1.00. The van der Waals surface area contributed by atoms with Crippen LogP contribution in [-0.4, -0.2) is 31.4 Å². The van der Waals surface area contributed by atoms with Crippen molar-refractivity contribution in [3.05, 3.63) is 0 Å². The minimum Gasteiger partial charge on any atom is -0.403 e. The highest BCUT2D eigenvalue weighted by Crippen LogP contribution is 2.38. The van der Waals surface area contributed by atoms with Crippen molar-refractivity contribution in [3.63, 3.8) is 0 Å². The highest BCUT2D eigenvalue weighted by molar-refractivity contribution is 6.45. The topological polar surface area (TPSA) is 30.5 Å². The SMILES string of the molecule is CC1(C)OB(CCCC2CCNC2)OC1(C)C. The van der Waals surface area contributed by atoms with E-state index in [0.29, 0.717) is 0 Å². The molecule has 1 N–H and O–H groups in total. The lowest BCUT2D eigenvalue weighted by atomic mass is 9.81. The van der Waals surface area contributed by atoms with E-state index in [-0.39, 0.29) is 18.3 Å². The van der Waals surface area contributed by atoms with E-state index >= 15 is 0 Å². The van der Waals surface area contributed by atoms with E-state index < -0.39 is 0 Å². The van der Waals surface area contributed by atoms with Crippen molar-refractivity contribution >= 4 is 7.12 Å². The van der Waals surface area contributed by atoms with Gasteiger partial charge in [-0.15, -0.1) is 0 Å². The zero-order valence-corrected chi connectivity index (χ0v) is 11.7. The van der Waals surface area contributed by atoms with Crippen LogP contribution in [0.4, 0.5) is 0 Å². The minimum atomic E-state index is -0.174. The summed E-state index contributed by atoms with van der Waals surface area (Å²) in [7, 11) is -0.00522. The summed E-state index contributed by atoms with van der Waals surface area (Å²) >= 11 is 0. The fourth-order valence-corrected chi connectivity index (χ4v) is 2.62. The largest absolute Gasteiger partial charge is 0.457 e. The third-order valence-electron chi connectivity index (χ3n) is 4.52. The minimum absolute atomic E-state index is 0.00522. The molecule has 0 amide bonds. The molecule has 2 rings (SSSR count). The third kappa shape index (κ3) is 3.04. The van der Waals surface area contributed by atoms with Crippen LogP contribution in [-0.2, 0) is 9.31 Å². The van der Waals surface area contributed by atoms with E-state index in [1.807, 2.05) is 0 Å². The van der Waals surface area contributed by atoms with E-state index in [1.54, 1.807) is 0 Å². The van der Waals surface area contributed by atoms with Crippen LogP contribution >= 0.6 is 0 Å². The lowest BCUT2D eigenvalue weighted by molar-refractivity contribution is 0.00578. The summed E-state index contributed by atoms with van der Waals surface area (Å²) in [5.74, 6) is 0.873. The molecule has 0 bridgehead atoms. The molecule has 17 heavy (non-hydrogen) atoms. The highest BCUT2D eigenvalue weighted by Gasteiger charge is 2.50. The third-order valence-corrected chi connectivity index (χ3v) is 4.52. The fourth-order valence-electron chi connectivity index (χ4n) is 2.62. The van der Waals surface area contributed by atoms with Gasteiger partial charge in [-0.2, -0.15) is 0 Å². The Kier molecular flexibility index (Phi) is 3.86. The number of hydrogen-bond acceptors (Lipinski definition) is 3. The van der Waals surface area contributed by atoms with Crippen LogP contribution in [0, 0.1) is 5.92 Å². The molecule has 2 heterocycles. The van der Waals surface area contributed by atoms with Gasteiger partial charge >= 0.3 is 7.12 Å². The molecular weight excluding hydrogens is 213 g/mol. The van der Waals surface area contributed by atoms with E-state index in [0.717, 1.165) is 12.2 Å². The molecule has 1 unspecified atom stereocenters. The summed E-state index contributed by atoms with van der Waals surface area (Å²) in [5, 5.41) is 3.41. The molecule has 0 radical (unpaired) electrons. The normalized spacial score (nSPS) is 31.1. The van der Waals surface area contributed by atoms with Crippen LogP contribution in [0.25, 0.3) is 0 Å². The van der Waals surface area contributed by atoms with Gasteiger partial charge in [0.1, 0.15) is 0 Å². The maximum Gasteiger partial charge on any atom is 0.457 e. The van der Waals surface area contributed by atoms with Gasteiger partial charge in [0.25, 0.3) is 0 Å². The molecule has 2 aliphatic heterocycles. The van der Waals surface area contributed by atoms with Crippen molar-refractivity contribution in [1.82, 2.24) is 5.32 Å². The first-order valence-electron chi connectivity index (χ1n) is 6.97. The number of hydrogen-bond donors (Lipinski definition) is 1. The molecule has 0 aromatic heterocycles. The Morgan fingerprint density at radius 3 is 2.35 bits per heavy atom. The maximum atomic E-state index is 5.99. The van der Waals surface area contributed by atoms with Crippen molar-refractivity contribution in [2.24, 2.45) is 5.92 Å². The Bertz CT molecular complexity index is 246. The predicted molar refractivity (Wildman–Crippen MR) is 71.1 cm³/mol. The van der Waals surface area contributed by atoms with Crippen molar-refractivity contribution in [1.29, 1.82) is 0 Å². The van der Waals surface area contributed by atoms with Gasteiger partial charge in [-0.3, -0.25) is 0 Å². The Hall–Kier alpha value is -0.0551. The number of nitrogens with one attached hydrogen (secondary N) is 1. The number of rotatable bonds is 4. The summed E-state index contributed by atoms with van der Waals surface area (Å²) in [6.07, 6.45) is 4.88. The van der Waals surface area contributed by atoms with Crippen molar-refractivity contribution < 1.29 is 9.31 Å². The highest BCUT2D eigenvalue weighted by atomic mass is 16.7. The zero-order chi connectivity index (χ0) is 12.5. The first-order chi connectivity index (χ1) is 7.91. The second-order valence-electron chi connectivity index (χ2n) is 6.48. The summed E-state index contributed by atoms with van der Waals surface area (Å²) in [6, 6.07) is 0. The molecule has 0 aromatic rings. The Labute approximate surface area is 106 Å². The van der Waals surface area contributed by atoms with Crippen LogP contribution in [0.15, 0.2) is 0 Å². The van der Waals surface area contributed by atoms with Gasteiger partial charge in [-0.1, -0.05) is 6.42 Å². The van der Waals surface area contributed by atoms with Crippen molar-refractivity contribution in [2.75, 3.05) is 13.1 Å². The molecule has 2 aliphatic rings. The van der Waals surface area contributed by atoms with Crippen molar-refractivity contribution in [2.45, 2.75) is 64.5 Å². The predicted octanol–water partition coefficient (Wildman–Crippen LogP) is 2.47. The summed E-state index contributed by atoms with van der Waals surface area (Å²) < 4.78 is 12.0. The van der Waals surface area contributed by atoms with Gasteiger partial charge in [0.15, 0.2) is 0 Å². The Morgan fingerprint density at radius 1 is 1.18 bits per heavy atom. The van der Waals surface area contributed by atoms with Crippen LogP contribution in [0.3, 0.4) is 0 Å². The standard InChI is InChI=1S/C13H26BNO2/c1-12(2)13(3,4)17-14(16-12)8-5-6-11-7-9-15-10-11/h11,15H,5-10H2,1-4H3. The summed E-state index contributed by atoms with van der Waals surface area (Å²) in [5.41, 5.74) is -0.348. The quantitative estimate of drug-likeness (QED) is 0.764. The van der Waals surface area contributed by atoms with Gasteiger partial charge in [0, 0.05) is 0 Å². The van der Waals surface area contributed by atoms with Gasteiger partial charge in [-0.25, -0.2) is 0 Å². The second-order valence-corrected chi connectivity index (χ2v) is 6.48. The Balaban J connectivity index is 1.70. The molecule has 98 valence electrons. The molecular formula is C13H26BNO2. The van der Waals surface area contributed by atoms with Gasteiger partial charge < -0.3 is 14.6 Å². The van der Waals surface area contributed by atoms with Gasteiger partial charge in [0.05, 0.1) is 11.2 Å². The molecule has 3 nitrogen and oxygen atoms in total. The van der Waals surface area contributed by atoms with E-state index in [4.69, 9.17) is 9.31 Å². The van der Waals surface area contributed by atoms with Crippen LogP contribution in [0.1, 0.15) is 47.0 Å². The zero-order valence-electron chi connectivity index (χ0n) is 11.7. The van der Waals surface area contributed by atoms with Crippen LogP contribution in [0.5, 0.6) is 0 Å². The average molecular weight is 239 g/mol. The first kappa shape index (κ1) is 13.4. The van der Waals surface area contributed by atoms with Crippen LogP contribution < -0.4 is 5.32 Å². The molecule has 1 atom stereocenters. The van der Waals surface area contributed by atoms with Crippen LogP contribution in [0.2, 0.25) is 6.32 Å². The molecule has 2 saturated heterocycles. The molecule has 0 aromatic carbocycles. The van der Waals surface area contributed by atoms with E-state index in [1.165, 1.54) is 32.4 Å². The smallest absolute Gasteiger partial charge is 0.403 e. The first-order valence-corrected chi connectivity index (χ1v) is 6.97. The summed E-state index contributed by atoms with van der Waals surface area (Å²) in [6.45, 7) is 10.9. The molecule has 0 aliphatic carbocycles. The van der Waals surface area contributed by atoms with Crippen molar-refractivity contribution in [3.8, 4) is 0 Å². The Morgan fingerprint density at radius 2 is 1.82 bits per heavy atom. The van der Waals surface area contributed by atoms with Gasteiger partial charge in [0.2, 0.25) is 0 Å². The lowest BCUT2D eigenvalue weighted by Crippen LogP contribution is -2.41. The molecule has 4 heteroatoms. The second kappa shape index (κ2) is 4.91. The van der Waals surface area contributed by atoms with Gasteiger partial charge in [-0.05, 0) is 65.9 Å². The molecule has 0 spiro atoms. The monoisotopic (exact) mass is 239 g/mol. The molecule has 2 fully saturated rings. The molecule has 0 saturated carbocycles. The summed E-state index contributed by atoms with van der Waals surface area (Å²) in [4.78, 5) is 0.